The standard InChI is InChI=1S/C21H23N5O3/c27-18(22-12-15-8-5-11-29-15)13-25-17-10-4-9-16(17)20(28)26-21(25)23-19(24-26)14-6-2-1-3-7-14/h1-3,6-7,15H,4-5,8-13H2,(H,22,27)/t15-/m1/s1. The van der Waals surface area contributed by atoms with Crippen LogP contribution < -0.4 is 10.9 Å². The Kier molecular flexibility index (Phi) is 4.63. The number of carbonyl (C=O) groups excluding carboxylic acids is 1. The Morgan fingerprint density at radius 3 is 2.86 bits per heavy atom. The molecule has 1 N–H and O–H groups in total. The first-order valence-corrected chi connectivity index (χ1v) is 10.2. The van der Waals surface area contributed by atoms with Crippen molar-refractivity contribution in [1.82, 2.24) is 24.5 Å². The second-order valence-corrected chi connectivity index (χ2v) is 7.62. The minimum atomic E-state index is -0.127. The molecule has 8 nitrogen and oxygen atoms in total. The number of ether oxygens (including phenoxy) is 1. The molecule has 0 unspecified atom stereocenters. The zero-order valence-electron chi connectivity index (χ0n) is 16.1. The van der Waals surface area contributed by atoms with Gasteiger partial charge in [-0.1, -0.05) is 30.3 Å². The van der Waals surface area contributed by atoms with Crippen LogP contribution in [-0.2, 0) is 28.9 Å². The van der Waals surface area contributed by atoms with Gasteiger partial charge < -0.3 is 14.6 Å². The van der Waals surface area contributed by atoms with Gasteiger partial charge in [0.25, 0.3) is 5.56 Å². The van der Waals surface area contributed by atoms with E-state index in [1.165, 1.54) is 4.52 Å². The van der Waals surface area contributed by atoms with Gasteiger partial charge in [0, 0.05) is 30.0 Å². The van der Waals surface area contributed by atoms with Crippen LogP contribution in [0.15, 0.2) is 35.1 Å². The lowest BCUT2D eigenvalue weighted by Gasteiger charge is -2.15. The quantitative estimate of drug-likeness (QED) is 0.707. The third-order valence-corrected chi connectivity index (χ3v) is 5.68. The van der Waals surface area contributed by atoms with Crippen LogP contribution in [-0.4, -0.2) is 44.3 Å². The van der Waals surface area contributed by atoms with Gasteiger partial charge in [0.1, 0.15) is 6.54 Å². The lowest BCUT2D eigenvalue weighted by Crippen LogP contribution is -2.35. The molecule has 3 heterocycles. The number of nitrogens with zero attached hydrogens (tertiary/aromatic N) is 4. The fourth-order valence-electron chi connectivity index (χ4n) is 4.23. The van der Waals surface area contributed by atoms with E-state index in [2.05, 4.69) is 15.4 Å². The summed E-state index contributed by atoms with van der Waals surface area (Å²) in [4.78, 5) is 30.2. The van der Waals surface area contributed by atoms with Crippen molar-refractivity contribution in [3.8, 4) is 11.4 Å². The van der Waals surface area contributed by atoms with Crippen LogP contribution in [0.25, 0.3) is 17.2 Å². The van der Waals surface area contributed by atoms with Gasteiger partial charge in [0.2, 0.25) is 11.7 Å². The number of rotatable bonds is 5. The fourth-order valence-corrected chi connectivity index (χ4v) is 4.23. The first-order chi connectivity index (χ1) is 14.2. The van der Waals surface area contributed by atoms with E-state index in [4.69, 9.17) is 4.74 Å². The van der Waals surface area contributed by atoms with Crippen LogP contribution in [0.1, 0.15) is 30.5 Å². The fraction of sp³-hybridized carbons (Fsp3) is 0.429. The third kappa shape index (κ3) is 3.33. The van der Waals surface area contributed by atoms with Crippen LogP contribution in [0.2, 0.25) is 0 Å². The van der Waals surface area contributed by atoms with Gasteiger partial charge >= 0.3 is 0 Å². The number of aromatic nitrogens is 4. The monoisotopic (exact) mass is 393 g/mol. The molecule has 0 spiro atoms. The molecule has 8 heteroatoms. The summed E-state index contributed by atoms with van der Waals surface area (Å²) in [5, 5.41) is 7.42. The number of carbonyl (C=O) groups is 1. The van der Waals surface area contributed by atoms with Gasteiger partial charge in [-0.2, -0.15) is 9.50 Å². The molecule has 2 aliphatic rings. The molecule has 5 rings (SSSR count). The van der Waals surface area contributed by atoms with Gasteiger partial charge in [-0.15, -0.1) is 5.10 Å². The van der Waals surface area contributed by atoms with Crippen LogP contribution in [0.4, 0.5) is 0 Å². The maximum atomic E-state index is 12.9. The minimum Gasteiger partial charge on any atom is -0.376 e. The normalized spacial score (nSPS) is 18.3. The van der Waals surface area contributed by atoms with Crippen molar-refractivity contribution in [1.29, 1.82) is 0 Å². The van der Waals surface area contributed by atoms with Crippen LogP contribution in [0.3, 0.4) is 0 Å². The average Bonchev–Trinajstić information content (AvgIpc) is 3.50. The summed E-state index contributed by atoms with van der Waals surface area (Å²) < 4.78 is 8.78. The Bertz CT molecular complexity index is 1110. The highest BCUT2D eigenvalue weighted by Crippen LogP contribution is 2.22. The smallest absolute Gasteiger partial charge is 0.279 e. The minimum absolute atomic E-state index is 0.0940. The zero-order valence-corrected chi connectivity index (χ0v) is 16.1. The van der Waals surface area contributed by atoms with E-state index in [-0.39, 0.29) is 24.1 Å². The Hall–Kier alpha value is -3.00. The Labute approximate surface area is 167 Å². The van der Waals surface area contributed by atoms with Crippen LogP contribution >= 0.6 is 0 Å². The second-order valence-electron chi connectivity index (χ2n) is 7.62. The van der Waals surface area contributed by atoms with E-state index in [9.17, 15) is 9.59 Å². The molecular weight excluding hydrogens is 370 g/mol. The molecule has 3 aromatic rings. The first kappa shape index (κ1) is 18.1. The second kappa shape index (κ2) is 7.44. The molecule has 1 aliphatic heterocycles. The number of benzene rings is 1. The van der Waals surface area contributed by atoms with Gasteiger partial charge in [-0.3, -0.25) is 9.59 Å². The summed E-state index contributed by atoms with van der Waals surface area (Å²) >= 11 is 0. The van der Waals surface area contributed by atoms with Crippen molar-refractivity contribution in [2.24, 2.45) is 0 Å². The molecule has 29 heavy (non-hydrogen) atoms. The van der Waals surface area contributed by atoms with Crippen molar-refractivity contribution in [2.45, 2.75) is 44.8 Å². The van der Waals surface area contributed by atoms with E-state index in [1.54, 1.807) is 0 Å². The summed E-state index contributed by atoms with van der Waals surface area (Å²) in [7, 11) is 0. The molecule has 1 saturated heterocycles. The molecule has 0 bridgehead atoms. The summed E-state index contributed by atoms with van der Waals surface area (Å²) in [6.07, 6.45) is 4.49. The number of amides is 1. The molecular formula is C21H23N5O3. The molecule has 0 saturated carbocycles. The van der Waals surface area contributed by atoms with E-state index in [0.29, 0.717) is 24.6 Å². The van der Waals surface area contributed by atoms with Gasteiger partial charge in [0.05, 0.1) is 6.10 Å². The van der Waals surface area contributed by atoms with Crippen molar-refractivity contribution in [3.05, 3.63) is 51.9 Å². The predicted octanol–water partition coefficient (Wildman–Crippen LogP) is 1.34. The van der Waals surface area contributed by atoms with E-state index in [1.807, 2.05) is 34.9 Å². The number of hydrogen-bond acceptors (Lipinski definition) is 5. The van der Waals surface area contributed by atoms with Gasteiger partial charge in [0.15, 0.2) is 5.82 Å². The first-order valence-electron chi connectivity index (χ1n) is 10.2. The largest absolute Gasteiger partial charge is 0.376 e. The third-order valence-electron chi connectivity index (χ3n) is 5.68. The molecule has 1 atom stereocenters. The van der Waals surface area contributed by atoms with Gasteiger partial charge in [-0.25, -0.2) is 0 Å². The lowest BCUT2D eigenvalue weighted by atomic mass is 10.2. The molecule has 150 valence electrons. The lowest BCUT2D eigenvalue weighted by molar-refractivity contribution is -0.122. The summed E-state index contributed by atoms with van der Waals surface area (Å²) in [5.41, 5.74) is 2.36. The Morgan fingerprint density at radius 2 is 2.07 bits per heavy atom. The Morgan fingerprint density at radius 1 is 1.21 bits per heavy atom. The Balaban J connectivity index is 1.51. The van der Waals surface area contributed by atoms with Gasteiger partial charge in [-0.05, 0) is 32.1 Å². The highest BCUT2D eigenvalue weighted by Gasteiger charge is 2.25. The van der Waals surface area contributed by atoms with Crippen molar-refractivity contribution < 1.29 is 9.53 Å². The van der Waals surface area contributed by atoms with E-state index in [0.717, 1.165) is 49.1 Å². The summed E-state index contributed by atoms with van der Waals surface area (Å²) in [5.74, 6) is 0.797. The molecule has 1 amide bonds. The molecule has 0 radical (unpaired) electrons. The SMILES string of the molecule is O=C(Cn1c2c(c(=O)n3nc(-c4ccccc4)nc13)CCC2)NC[C@H]1CCCO1. The summed E-state index contributed by atoms with van der Waals surface area (Å²) in [6, 6.07) is 9.56. The topological polar surface area (TPSA) is 90.5 Å². The van der Waals surface area contributed by atoms with Crippen molar-refractivity contribution >= 4 is 11.7 Å². The van der Waals surface area contributed by atoms with E-state index < -0.39 is 0 Å². The molecule has 1 fully saturated rings. The van der Waals surface area contributed by atoms with Crippen LogP contribution in [0, 0.1) is 0 Å². The molecule has 1 aliphatic carbocycles. The maximum absolute atomic E-state index is 12.9. The van der Waals surface area contributed by atoms with E-state index >= 15 is 0 Å². The predicted molar refractivity (Wildman–Crippen MR) is 107 cm³/mol. The number of nitrogens with one attached hydrogen (secondary N) is 1. The number of fused-ring (bicyclic) bond motifs is 2. The zero-order chi connectivity index (χ0) is 19.8. The highest BCUT2D eigenvalue weighted by molar-refractivity contribution is 5.76. The van der Waals surface area contributed by atoms with Crippen molar-refractivity contribution in [3.63, 3.8) is 0 Å². The van der Waals surface area contributed by atoms with Crippen LogP contribution in [0.5, 0.6) is 0 Å². The maximum Gasteiger partial charge on any atom is 0.279 e. The highest BCUT2D eigenvalue weighted by atomic mass is 16.5. The number of hydrogen-bond donors (Lipinski definition) is 1. The molecule has 2 aromatic heterocycles. The average molecular weight is 393 g/mol. The molecule has 1 aromatic carbocycles. The van der Waals surface area contributed by atoms with Crippen molar-refractivity contribution in [2.75, 3.05) is 13.2 Å². The summed E-state index contributed by atoms with van der Waals surface area (Å²) in [6.45, 7) is 1.39.